The van der Waals surface area contributed by atoms with Crippen molar-refractivity contribution in [2.45, 2.75) is 13.2 Å². The first-order valence-corrected chi connectivity index (χ1v) is 9.88. The van der Waals surface area contributed by atoms with Gasteiger partial charge >= 0.3 is 5.97 Å². The predicted octanol–water partition coefficient (Wildman–Crippen LogP) is 5.02. The molecule has 30 heavy (non-hydrogen) atoms. The summed E-state index contributed by atoms with van der Waals surface area (Å²) in [5.41, 5.74) is 1.78. The van der Waals surface area contributed by atoms with E-state index in [2.05, 4.69) is 11.1 Å². The van der Waals surface area contributed by atoms with Crippen LogP contribution in [0.5, 0.6) is 11.5 Å². The highest BCUT2D eigenvalue weighted by atomic mass is 32.1. The number of carbonyl (C=O) groups is 1. The highest BCUT2D eigenvalue weighted by molar-refractivity contribution is 7.19. The summed E-state index contributed by atoms with van der Waals surface area (Å²) in [5.74, 6) is 0.335. The minimum Gasteiger partial charge on any atom is -0.489 e. The normalized spacial score (nSPS) is 10.5. The molecule has 0 aliphatic rings. The van der Waals surface area contributed by atoms with E-state index in [0.717, 1.165) is 15.8 Å². The molecule has 0 bridgehead atoms. The Labute approximate surface area is 176 Å². The monoisotopic (exact) mass is 416 g/mol. The van der Waals surface area contributed by atoms with Gasteiger partial charge in [-0.25, -0.2) is 4.79 Å². The average molecular weight is 416 g/mol. The zero-order valence-corrected chi connectivity index (χ0v) is 16.6. The van der Waals surface area contributed by atoms with Crippen LogP contribution >= 0.6 is 11.3 Å². The number of hydrogen-bond donors (Lipinski definition) is 1. The number of carboxylic acid groups (broad SMARTS) is 1. The number of pyridine rings is 1. The van der Waals surface area contributed by atoms with Gasteiger partial charge in [-0.3, -0.25) is 4.98 Å². The lowest BCUT2D eigenvalue weighted by molar-refractivity contribution is 0.0699. The number of carboxylic acids is 1. The second-order valence-electron chi connectivity index (χ2n) is 6.48. The third kappa shape index (κ3) is 4.40. The third-order valence-corrected chi connectivity index (χ3v) is 5.54. The van der Waals surface area contributed by atoms with E-state index in [4.69, 9.17) is 14.7 Å². The van der Waals surface area contributed by atoms with Gasteiger partial charge in [-0.05, 0) is 35.9 Å². The van der Waals surface area contributed by atoms with Gasteiger partial charge in [-0.2, -0.15) is 5.26 Å². The van der Waals surface area contributed by atoms with Gasteiger partial charge in [0.05, 0.1) is 21.9 Å². The molecule has 4 aromatic rings. The van der Waals surface area contributed by atoms with Crippen molar-refractivity contribution in [1.29, 1.82) is 5.26 Å². The molecule has 2 aromatic heterocycles. The van der Waals surface area contributed by atoms with Crippen LogP contribution in [0.1, 0.15) is 26.4 Å². The SMILES string of the molecule is N#Cc1ccc(COc2cccc(OCc3cc4cncc(C(=O)O)c4s3)c2)cc1. The van der Waals surface area contributed by atoms with Crippen LogP contribution in [-0.2, 0) is 13.2 Å². The van der Waals surface area contributed by atoms with Crippen LogP contribution in [-0.4, -0.2) is 16.1 Å². The summed E-state index contributed by atoms with van der Waals surface area (Å²) in [5, 5.41) is 18.9. The maximum absolute atomic E-state index is 11.3. The van der Waals surface area contributed by atoms with Crippen molar-refractivity contribution in [1.82, 2.24) is 4.98 Å². The van der Waals surface area contributed by atoms with E-state index < -0.39 is 5.97 Å². The van der Waals surface area contributed by atoms with Crippen LogP contribution in [0, 0.1) is 11.3 Å². The van der Waals surface area contributed by atoms with Crippen molar-refractivity contribution in [2.24, 2.45) is 0 Å². The smallest absolute Gasteiger partial charge is 0.338 e. The molecule has 0 aliphatic carbocycles. The van der Waals surface area contributed by atoms with Gasteiger partial charge in [0.15, 0.2) is 0 Å². The number of hydrogen-bond acceptors (Lipinski definition) is 6. The minimum absolute atomic E-state index is 0.196. The van der Waals surface area contributed by atoms with Crippen LogP contribution in [0.4, 0.5) is 0 Å². The molecule has 0 spiro atoms. The van der Waals surface area contributed by atoms with Gasteiger partial charge in [-0.15, -0.1) is 11.3 Å². The molecule has 0 unspecified atom stereocenters. The zero-order chi connectivity index (χ0) is 20.9. The van der Waals surface area contributed by atoms with E-state index >= 15 is 0 Å². The number of fused-ring (bicyclic) bond motifs is 1. The van der Waals surface area contributed by atoms with Crippen LogP contribution in [0.15, 0.2) is 67.0 Å². The van der Waals surface area contributed by atoms with Crippen molar-refractivity contribution in [3.63, 3.8) is 0 Å². The fourth-order valence-corrected chi connectivity index (χ4v) is 3.93. The predicted molar refractivity (Wildman–Crippen MR) is 113 cm³/mol. The molecule has 2 aromatic carbocycles. The van der Waals surface area contributed by atoms with E-state index in [9.17, 15) is 9.90 Å². The van der Waals surface area contributed by atoms with Crippen molar-refractivity contribution in [2.75, 3.05) is 0 Å². The molecule has 1 N–H and O–H groups in total. The number of rotatable bonds is 7. The topological polar surface area (TPSA) is 92.4 Å². The van der Waals surface area contributed by atoms with Gasteiger partial charge in [0.25, 0.3) is 0 Å². The Morgan fingerprint density at radius 3 is 2.47 bits per heavy atom. The van der Waals surface area contributed by atoms with Crippen LogP contribution in [0.25, 0.3) is 10.1 Å². The Morgan fingerprint density at radius 2 is 1.77 bits per heavy atom. The molecular weight excluding hydrogens is 400 g/mol. The maximum atomic E-state index is 11.3. The van der Waals surface area contributed by atoms with Crippen molar-refractivity contribution in [3.05, 3.63) is 88.6 Å². The van der Waals surface area contributed by atoms with Crippen molar-refractivity contribution in [3.8, 4) is 17.6 Å². The zero-order valence-electron chi connectivity index (χ0n) is 15.7. The number of thiophene rings is 1. The standard InChI is InChI=1S/C23H16N2O4S/c24-10-15-4-6-16(7-5-15)13-28-18-2-1-3-19(9-18)29-14-20-8-17-11-25-12-21(23(26)27)22(17)30-20/h1-9,11-12H,13-14H2,(H,26,27). The highest BCUT2D eigenvalue weighted by Crippen LogP contribution is 2.29. The van der Waals surface area contributed by atoms with E-state index in [1.807, 2.05) is 36.4 Å². The second kappa shape index (κ2) is 8.64. The highest BCUT2D eigenvalue weighted by Gasteiger charge is 2.12. The molecule has 0 saturated heterocycles. The van der Waals surface area contributed by atoms with Gasteiger partial charge < -0.3 is 14.6 Å². The average Bonchev–Trinajstić information content (AvgIpc) is 3.20. The van der Waals surface area contributed by atoms with Crippen molar-refractivity contribution < 1.29 is 19.4 Å². The summed E-state index contributed by atoms with van der Waals surface area (Å²) in [4.78, 5) is 16.2. The van der Waals surface area contributed by atoms with Crippen molar-refractivity contribution >= 4 is 27.4 Å². The summed E-state index contributed by atoms with van der Waals surface area (Å²) in [6, 6.07) is 18.6. The second-order valence-corrected chi connectivity index (χ2v) is 7.62. The summed E-state index contributed by atoms with van der Waals surface area (Å²) in [7, 11) is 0. The molecule has 0 fully saturated rings. The lowest BCUT2D eigenvalue weighted by Gasteiger charge is -2.09. The Balaban J connectivity index is 1.41. The summed E-state index contributed by atoms with van der Waals surface area (Å²) >= 11 is 1.39. The lowest BCUT2D eigenvalue weighted by Crippen LogP contribution is -1.97. The Kier molecular flexibility index (Phi) is 5.59. The molecule has 0 aliphatic heterocycles. The minimum atomic E-state index is -0.991. The first-order valence-electron chi connectivity index (χ1n) is 9.07. The molecule has 2 heterocycles. The van der Waals surface area contributed by atoms with Gasteiger partial charge in [-0.1, -0.05) is 18.2 Å². The molecule has 4 rings (SSSR count). The maximum Gasteiger partial charge on any atom is 0.338 e. The van der Waals surface area contributed by atoms with E-state index in [1.54, 1.807) is 24.4 Å². The quantitative estimate of drug-likeness (QED) is 0.455. The fraction of sp³-hybridized carbons (Fsp3) is 0.0870. The number of nitriles is 1. The lowest BCUT2D eigenvalue weighted by atomic mass is 10.2. The molecule has 148 valence electrons. The molecule has 0 amide bonds. The van der Waals surface area contributed by atoms with Crippen LogP contribution in [0.3, 0.4) is 0 Å². The first kappa shape index (κ1) is 19.4. The van der Waals surface area contributed by atoms with Crippen LogP contribution in [0.2, 0.25) is 0 Å². The van der Waals surface area contributed by atoms with E-state index in [1.165, 1.54) is 17.5 Å². The Bertz CT molecular complexity index is 1240. The Hall–Kier alpha value is -3.89. The van der Waals surface area contributed by atoms with Crippen LogP contribution < -0.4 is 9.47 Å². The molecule has 7 heteroatoms. The number of nitrogens with zero attached hydrogens (tertiary/aromatic N) is 2. The molecule has 6 nitrogen and oxygen atoms in total. The van der Waals surface area contributed by atoms with Gasteiger partial charge in [0.2, 0.25) is 0 Å². The van der Waals surface area contributed by atoms with Gasteiger partial charge in [0, 0.05) is 28.7 Å². The number of aromatic nitrogens is 1. The molecule has 0 atom stereocenters. The largest absolute Gasteiger partial charge is 0.489 e. The summed E-state index contributed by atoms with van der Waals surface area (Å²) < 4.78 is 12.4. The molecular formula is C23H16N2O4S. The van der Waals surface area contributed by atoms with E-state index in [-0.39, 0.29) is 5.56 Å². The Morgan fingerprint density at radius 1 is 1.03 bits per heavy atom. The number of benzene rings is 2. The third-order valence-electron chi connectivity index (χ3n) is 4.38. The summed E-state index contributed by atoms with van der Waals surface area (Å²) in [6.07, 6.45) is 3.01. The van der Waals surface area contributed by atoms with E-state index in [0.29, 0.717) is 35.0 Å². The molecule has 0 radical (unpaired) electrons. The summed E-state index contributed by atoms with van der Waals surface area (Å²) in [6.45, 7) is 0.702. The van der Waals surface area contributed by atoms with Gasteiger partial charge in [0.1, 0.15) is 24.7 Å². The fourth-order valence-electron chi connectivity index (χ4n) is 2.89. The number of aromatic carboxylic acids is 1. The molecule has 0 saturated carbocycles. The first-order chi connectivity index (χ1) is 14.6. The number of ether oxygens (including phenoxy) is 2.